The maximum absolute atomic E-state index is 12.1. The molecule has 0 saturated heterocycles. The average Bonchev–Trinajstić information content (AvgIpc) is 4.00. The SMILES string of the molecule is CC(=NCCN(Cc1ccccc1)c1nc(-c2ccc(Cl)c(Cl)c2)c(CC(C)C)s1)NC(=O)OC(C)(C)C.CC(C)Cc1sc(N(CCN)Cc2ccccc2)nc1-c1ccc(Cl)c(Cl)c1.CSC(C)=NC(=O)OC(C)(C)C. The highest BCUT2D eigenvalue weighted by molar-refractivity contribution is 8.13. The summed E-state index contributed by atoms with van der Waals surface area (Å²) in [4.78, 5) is 48.4. The summed E-state index contributed by atoms with van der Waals surface area (Å²) >= 11 is 29.8. The van der Waals surface area contributed by atoms with Crippen molar-refractivity contribution in [2.75, 3.05) is 42.2 Å². The van der Waals surface area contributed by atoms with Crippen molar-refractivity contribution in [1.82, 2.24) is 15.3 Å². The number of hydrogen-bond acceptors (Lipinski definition) is 13. The van der Waals surface area contributed by atoms with Crippen LogP contribution in [0.15, 0.2) is 107 Å². The number of amidine groups is 1. The van der Waals surface area contributed by atoms with E-state index in [0.29, 0.717) is 69.0 Å². The number of amides is 2. The number of alkyl carbamates (subject to hydrolysis) is 1. The van der Waals surface area contributed by atoms with Crippen molar-refractivity contribution in [3.8, 4) is 22.5 Å². The van der Waals surface area contributed by atoms with Crippen molar-refractivity contribution in [1.29, 1.82) is 0 Å². The van der Waals surface area contributed by atoms with Gasteiger partial charge in [0.1, 0.15) is 17.0 Å². The highest BCUT2D eigenvalue weighted by Gasteiger charge is 2.22. The normalized spacial score (nSPS) is 11.9. The zero-order valence-corrected chi connectivity index (χ0v) is 52.7. The number of thiazole rings is 2. The van der Waals surface area contributed by atoms with Gasteiger partial charge >= 0.3 is 12.2 Å². The van der Waals surface area contributed by atoms with Gasteiger partial charge in [0, 0.05) is 53.6 Å². The third-order valence-electron chi connectivity index (χ3n) is 10.7. The molecule has 3 N–H and O–H groups in total. The largest absolute Gasteiger partial charge is 0.444 e. The number of rotatable bonds is 17. The number of carbonyl (C=O) groups excluding carboxylic acids is 2. The Morgan fingerprint density at radius 3 is 1.49 bits per heavy atom. The van der Waals surface area contributed by atoms with Crippen LogP contribution < -0.4 is 20.9 Å². The third kappa shape index (κ3) is 23.6. The Morgan fingerprint density at radius 1 is 0.667 bits per heavy atom. The summed E-state index contributed by atoms with van der Waals surface area (Å²) in [7, 11) is 0. The zero-order chi connectivity index (χ0) is 57.7. The van der Waals surface area contributed by atoms with Crippen LogP contribution in [0.3, 0.4) is 0 Å². The van der Waals surface area contributed by atoms with Crippen LogP contribution in [0.1, 0.15) is 104 Å². The lowest BCUT2D eigenvalue weighted by molar-refractivity contribution is 0.0559. The molecular formula is C59H76Cl4N8O4S3. The van der Waals surface area contributed by atoms with E-state index in [1.54, 1.807) is 36.5 Å². The number of benzene rings is 4. The molecule has 6 aromatic rings. The van der Waals surface area contributed by atoms with Crippen molar-refractivity contribution in [3.05, 3.63) is 138 Å². The second-order valence-corrected chi connectivity index (χ2v) is 25.8. The summed E-state index contributed by atoms with van der Waals surface area (Å²) in [5, 5.41) is 7.46. The molecule has 422 valence electrons. The van der Waals surface area contributed by atoms with E-state index < -0.39 is 23.4 Å². The third-order valence-corrected chi connectivity index (χ3v) is 15.1. The fourth-order valence-corrected chi connectivity index (χ4v) is 10.6. The molecule has 0 aliphatic heterocycles. The lowest BCUT2D eigenvalue weighted by Gasteiger charge is -2.22. The van der Waals surface area contributed by atoms with Crippen LogP contribution in [0, 0.1) is 11.8 Å². The number of nitrogens with one attached hydrogen (secondary N) is 1. The van der Waals surface area contributed by atoms with Gasteiger partial charge in [-0.15, -0.1) is 34.4 Å². The first-order valence-electron chi connectivity index (χ1n) is 25.7. The number of thioether (sulfide) groups is 1. The topological polar surface area (TPSA) is 148 Å². The van der Waals surface area contributed by atoms with Crippen LogP contribution in [-0.4, -0.2) is 76.7 Å². The molecule has 0 saturated carbocycles. The molecule has 0 aliphatic rings. The number of nitrogens with zero attached hydrogens (tertiary/aromatic N) is 6. The van der Waals surface area contributed by atoms with Crippen molar-refractivity contribution >= 4 is 114 Å². The summed E-state index contributed by atoms with van der Waals surface area (Å²) in [6, 6.07) is 32.1. The van der Waals surface area contributed by atoms with Gasteiger partial charge in [-0.2, -0.15) is 4.99 Å². The van der Waals surface area contributed by atoms with E-state index in [1.807, 2.05) is 108 Å². The highest BCUT2D eigenvalue weighted by Crippen LogP contribution is 2.39. The minimum absolute atomic E-state index is 0.459. The van der Waals surface area contributed by atoms with Crippen molar-refractivity contribution in [3.63, 3.8) is 0 Å². The first kappa shape index (κ1) is 65.8. The molecule has 19 heteroatoms. The molecule has 0 aliphatic carbocycles. The molecule has 0 fully saturated rings. The van der Waals surface area contributed by atoms with Gasteiger partial charge in [0.2, 0.25) is 0 Å². The Labute approximate surface area is 495 Å². The van der Waals surface area contributed by atoms with Gasteiger partial charge in [0.25, 0.3) is 0 Å². The maximum atomic E-state index is 12.1. The fourth-order valence-electron chi connectivity index (χ4n) is 7.24. The second-order valence-electron chi connectivity index (χ2n) is 21.0. The minimum atomic E-state index is -0.568. The molecule has 0 radical (unpaired) electrons. The molecule has 2 aromatic heterocycles. The van der Waals surface area contributed by atoms with Crippen LogP contribution in [0.2, 0.25) is 20.1 Å². The van der Waals surface area contributed by atoms with E-state index in [-0.39, 0.29) is 0 Å². The molecule has 6 rings (SSSR count). The van der Waals surface area contributed by atoms with Crippen LogP contribution >= 0.6 is 80.8 Å². The number of aliphatic imine (C=N–C) groups is 2. The Kier molecular flexibility index (Phi) is 26.9. The van der Waals surface area contributed by atoms with Crippen molar-refractivity contribution in [2.24, 2.45) is 27.6 Å². The van der Waals surface area contributed by atoms with Gasteiger partial charge in [0.05, 0.1) is 43.1 Å². The first-order valence-corrected chi connectivity index (χ1v) is 30.1. The number of ether oxygens (including phenoxy) is 2. The van der Waals surface area contributed by atoms with Crippen LogP contribution in [0.4, 0.5) is 19.9 Å². The molecule has 4 aromatic carbocycles. The molecule has 0 atom stereocenters. The number of carbonyl (C=O) groups is 2. The molecule has 2 heterocycles. The average molecular weight is 1200 g/mol. The Balaban J connectivity index is 0.000000286. The number of halogens is 4. The van der Waals surface area contributed by atoms with E-state index in [0.717, 1.165) is 58.7 Å². The fraction of sp³-hybridized carbons (Fsp3) is 0.424. The summed E-state index contributed by atoms with van der Waals surface area (Å²) in [5.74, 6) is 1.51. The first-order chi connectivity index (χ1) is 36.7. The minimum Gasteiger partial charge on any atom is -0.444 e. The molecular weight excluding hydrogens is 1120 g/mol. The monoisotopic (exact) mass is 1200 g/mol. The van der Waals surface area contributed by atoms with Gasteiger partial charge < -0.3 is 25.0 Å². The highest BCUT2D eigenvalue weighted by atomic mass is 35.5. The van der Waals surface area contributed by atoms with E-state index in [1.165, 1.54) is 32.6 Å². The van der Waals surface area contributed by atoms with Gasteiger partial charge in [0.15, 0.2) is 10.3 Å². The molecule has 0 bridgehead atoms. The van der Waals surface area contributed by atoms with E-state index in [4.69, 9.17) is 71.6 Å². The van der Waals surface area contributed by atoms with E-state index in [9.17, 15) is 9.59 Å². The predicted molar refractivity (Wildman–Crippen MR) is 336 cm³/mol. The number of hydrogen-bond donors (Lipinski definition) is 2. The van der Waals surface area contributed by atoms with Gasteiger partial charge in [-0.3, -0.25) is 10.3 Å². The molecule has 12 nitrogen and oxygen atoms in total. The summed E-state index contributed by atoms with van der Waals surface area (Å²) < 4.78 is 10.3. The summed E-state index contributed by atoms with van der Waals surface area (Å²) in [5.41, 5.74) is 11.2. The Bertz CT molecular complexity index is 2900. The predicted octanol–water partition coefficient (Wildman–Crippen LogP) is 17.2. The van der Waals surface area contributed by atoms with Crippen LogP contribution in [0.25, 0.3) is 22.5 Å². The number of aromatic nitrogens is 2. The molecule has 0 unspecified atom stereocenters. The quantitative estimate of drug-likeness (QED) is 0.0668. The van der Waals surface area contributed by atoms with Gasteiger partial charge in [-0.05, 0) is 122 Å². The Morgan fingerprint density at radius 2 is 1.10 bits per heavy atom. The summed E-state index contributed by atoms with van der Waals surface area (Å²) in [6.07, 6.45) is 2.71. The van der Waals surface area contributed by atoms with Gasteiger partial charge in [-0.25, -0.2) is 19.6 Å². The van der Waals surface area contributed by atoms with Gasteiger partial charge in [-0.1, -0.05) is 147 Å². The van der Waals surface area contributed by atoms with Crippen molar-refractivity contribution < 1.29 is 19.1 Å². The second kappa shape index (κ2) is 31.9. The molecule has 78 heavy (non-hydrogen) atoms. The van der Waals surface area contributed by atoms with Crippen LogP contribution in [0.5, 0.6) is 0 Å². The van der Waals surface area contributed by atoms with Crippen LogP contribution in [-0.2, 0) is 35.4 Å². The maximum Gasteiger partial charge on any atom is 0.434 e. The lowest BCUT2D eigenvalue weighted by Crippen LogP contribution is -2.35. The lowest BCUT2D eigenvalue weighted by atomic mass is 10.0. The van der Waals surface area contributed by atoms with Crippen molar-refractivity contribution in [2.45, 2.75) is 120 Å². The molecule has 2 amide bonds. The Hall–Kier alpha value is -4.71. The zero-order valence-electron chi connectivity index (χ0n) is 47.2. The van der Waals surface area contributed by atoms with E-state index >= 15 is 0 Å². The van der Waals surface area contributed by atoms with E-state index in [2.05, 4.69) is 89.2 Å². The summed E-state index contributed by atoms with van der Waals surface area (Å²) in [6.45, 7) is 27.2. The standard InChI is InChI=1S/C29H36Cl2N4O2S.C22H25Cl2N3S.C8H15NO2S/c1-19(2)16-25-26(22-12-13-23(30)24(31)17-22)34-27(38-25)35(18-21-10-8-7-9-11-21)15-14-32-20(3)33-28(36)37-29(4,5)6;1-15(2)12-20-21(17-8-9-18(23)19(24)13-17)26-22(28-20)27(11-10-25)14-16-6-4-3-5-7-16;1-6(12-5)9-7(10)11-8(2,3)4/h7-13,17,19H,14-16,18H2,1-6H3,(H,32,33,36);3-9,13,15H,10-12,14,25H2,1-2H3;1-5H3. The number of anilines is 2. The molecule has 0 spiro atoms. The number of nitrogens with two attached hydrogens (primary N) is 1. The smallest absolute Gasteiger partial charge is 0.434 e.